The Morgan fingerprint density at radius 3 is 3.06 bits per heavy atom. The summed E-state index contributed by atoms with van der Waals surface area (Å²) in [5, 5.41) is 4.14. The van der Waals surface area contributed by atoms with Crippen LogP contribution in [0.5, 0.6) is 0 Å². The molecular formula is C11H10ClN3O2. The van der Waals surface area contributed by atoms with Crippen molar-refractivity contribution in [1.82, 2.24) is 14.8 Å². The molecule has 2 aromatic heterocycles. The molecule has 0 fully saturated rings. The zero-order chi connectivity index (χ0) is 12.3. The highest BCUT2D eigenvalue weighted by Crippen LogP contribution is 2.17. The molecule has 0 saturated carbocycles. The highest BCUT2D eigenvalue weighted by atomic mass is 35.5. The van der Waals surface area contributed by atoms with E-state index in [0.717, 1.165) is 5.69 Å². The van der Waals surface area contributed by atoms with Crippen molar-refractivity contribution in [3.05, 3.63) is 41.4 Å². The predicted octanol–water partition coefficient (Wildman–Crippen LogP) is 2.10. The average molecular weight is 252 g/mol. The molecular weight excluding hydrogens is 242 g/mol. The molecule has 2 heterocycles. The maximum Gasteiger partial charge on any atom is 0.342 e. The zero-order valence-electron chi connectivity index (χ0n) is 9.13. The van der Waals surface area contributed by atoms with E-state index in [-0.39, 0.29) is 10.7 Å². The van der Waals surface area contributed by atoms with Crippen LogP contribution in [0, 0.1) is 0 Å². The second-order valence-electron chi connectivity index (χ2n) is 3.21. The van der Waals surface area contributed by atoms with E-state index in [0.29, 0.717) is 6.61 Å². The van der Waals surface area contributed by atoms with Gasteiger partial charge in [-0.2, -0.15) is 5.10 Å². The lowest BCUT2D eigenvalue weighted by molar-refractivity contribution is 0.0526. The molecule has 2 rings (SSSR count). The standard InChI is InChI=1S/C11H10ClN3O2/c1-2-17-11(16)9-7-15(14-10(9)12)8-4-3-5-13-6-8/h3-7H,2H2,1H3. The van der Waals surface area contributed by atoms with Crippen molar-refractivity contribution in [2.45, 2.75) is 6.92 Å². The summed E-state index contributed by atoms with van der Waals surface area (Å²) in [6.07, 6.45) is 4.80. The van der Waals surface area contributed by atoms with Gasteiger partial charge >= 0.3 is 5.97 Å². The molecule has 0 radical (unpaired) electrons. The van der Waals surface area contributed by atoms with Crippen molar-refractivity contribution < 1.29 is 9.53 Å². The summed E-state index contributed by atoms with van der Waals surface area (Å²) >= 11 is 5.87. The number of nitrogens with zero attached hydrogens (tertiary/aromatic N) is 3. The maximum atomic E-state index is 11.5. The Bertz CT molecular complexity index is 525. The summed E-state index contributed by atoms with van der Waals surface area (Å²) in [5.74, 6) is -0.479. The number of rotatable bonds is 3. The second-order valence-corrected chi connectivity index (χ2v) is 3.57. The van der Waals surface area contributed by atoms with Crippen LogP contribution in [-0.2, 0) is 4.74 Å². The number of halogens is 1. The molecule has 0 aromatic carbocycles. The van der Waals surface area contributed by atoms with Crippen LogP contribution in [0.2, 0.25) is 5.15 Å². The Morgan fingerprint density at radius 2 is 2.41 bits per heavy atom. The molecule has 0 aliphatic rings. The van der Waals surface area contributed by atoms with Gasteiger partial charge in [0.1, 0.15) is 5.56 Å². The molecule has 0 aliphatic heterocycles. The van der Waals surface area contributed by atoms with Gasteiger partial charge in [0.15, 0.2) is 5.15 Å². The van der Waals surface area contributed by atoms with Crippen LogP contribution in [-0.4, -0.2) is 27.3 Å². The lowest BCUT2D eigenvalue weighted by atomic mass is 10.3. The van der Waals surface area contributed by atoms with Gasteiger partial charge in [-0.05, 0) is 19.1 Å². The van der Waals surface area contributed by atoms with Crippen molar-refractivity contribution >= 4 is 17.6 Å². The van der Waals surface area contributed by atoms with Crippen LogP contribution in [0.15, 0.2) is 30.7 Å². The Hall–Kier alpha value is -1.88. The number of aromatic nitrogens is 3. The molecule has 88 valence electrons. The number of pyridine rings is 1. The van der Waals surface area contributed by atoms with E-state index in [1.165, 1.54) is 10.9 Å². The molecule has 0 spiro atoms. The molecule has 0 aliphatic carbocycles. The Morgan fingerprint density at radius 1 is 1.59 bits per heavy atom. The highest BCUT2D eigenvalue weighted by molar-refractivity contribution is 6.32. The first-order valence-electron chi connectivity index (χ1n) is 5.05. The first kappa shape index (κ1) is 11.6. The van der Waals surface area contributed by atoms with Gasteiger partial charge in [0.2, 0.25) is 0 Å². The summed E-state index contributed by atoms with van der Waals surface area (Å²) < 4.78 is 6.35. The van der Waals surface area contributed by atoms with Crippen molar-refractivity contribution in [2.75, 3.05) is 6.61 Å². The van der Waals surface area contributed by atoms with Gasteiger partial charge < -0.3 is 4.74 Å². The Labute approximate surface area is 103 Å². The lowest BCUT2D eigenvalue weighted by Gasteiger charge is -1.98. The highest BCUT2D eigenvalue weighted by Gasteiger charge is 2.16. The SMILES string of the molecule is CCOC(=O)c1cn(-c2cccnc2)nc1Cl. The van der Waals surface area contributed by atoms with Crippen LogP contribution in [0.4, 0.5) is 0 Å². The minimum absolute atomic E-state index is 0.118. The number of carbonyl (C=O) groups excluding carboxylic acids is 1. The van der Waals surface area contributed by atoms with Crippen molar-refractivity contribution in [3.63, 3.8) is 0 Å². The summed E-state index contributed by atoms with van der Waals surface area (Å²) in [6, 6.07) is 3.58. The second kappa shape index (κ2) is 4.97. The summed E-state index contributed by atoms with van der Waals surface area (Å²) in [6.45, 7) is 2.03. The first-order valence-corrected chi connectivity index (χ1v) is 5.43. The zero-order valence-corrected chi connectivity index (χ0v) is 9.89. The van der Waals surface area contributed by atoms with Crippen molar-refractivity contribution in [2.24, 2.45) is 0 Å². The number of hydrogen-bond donors (Lipinski definition) is 0. The third kappa shape index (κ3) is 2.45. The van der Waals surface area contributed by atoms with E-state index in [2.05, 4.69) is 10.1 Å². The summed E-state index contributed by atoms with van der Waals surface area (Å²) in [4.78, 5) is 15.5. The first-order chi connectivity index (χ1) is 8.22. The maximum absolute atomic E-state index is 11.5. The molecule has 0 saturated heterocycles. The summed E-state index contributed by atoms with van der Waals surface area (Å²) in [5.41, 5.74) is 0.974. The molecule has 17 heavy (non-hydrogen) atoms. The molecule has 0 N–H and O–H groups in total. The van der Waals surface area contributed by atoms with Gasteiger partial charge in [-0.15, -0.1) is 0 Å². The van der Waals surface area contributed by atoms with E-state index in [1.807, 2.05) is 6.07 Å². The fourth-order valence-corrected chi connectivity index (χ4v) is 1.53. The van der Waals surface area contributed by atoms with E-state index < -0.39 is 5.97 Å². The van der Waals surface area contributed by atoms with E-state index in [4.69, 9.17) is 16.3 Å². The third-order valence-corrected chi connectivity index (χ3v) is 2.35. The number of esters is 1. The van der Waals surface area contributed by atoms with Gasteiger partial charge in [0, 0.05) is 12.4 Å². The quantitative estimate of drug-likeness (QED) is 0.784. The van der Waals surface area contributed by atoms with Crippen LogP contribution in [0.25, 0.3) is 5.69 Å². The minimum Gasteiger partial charge on any atom is -0.462 e. The normalized spacial score (nSPS) is 10.2. The van der Waals surface area contributed by atoms with Crippen LogP contribution >= 0.6 is 11.6 Å². The Balaban J connectivity index is 2.34. The van der Waals surface area contributed by atoms with Crippen molar-refractivity contribution in [1.29, 1.82) is 0 Å². The lowest BCUT2D eigenvalue weighted by Crippen LogP contribution is -2.03. The molecule has 0 unspecified atom stereocenters. The van der Waals surface area contributed by atoms with Gasteiger partial charge in [0.05, 0.1) is 18.5 Å². The minimum atomic E-state index is -0.479. The number of carbonyl (C=O) groups is 1. The van der Waals surface area contributed by atoms with E-state index in [1.54, 1.807) is 25.4 Å². The van der Waals surface area contributed by atoms with Crippen molar-refractivity contribution in [3.8, 4) is 5.69 Å². The monoisotopic (exact) mass is 251 g/mol. The molecule has 0 atom stereocenters. The predicted molar refractivity (Wildman–Crippen MR) is 62.3 cm³/mol. The number of hydrogen-bond acceptors (Lipinski definition) is 4. The van der Waals surface area contributed by atoms with Crippen LogP contribution in [0.1, 0.15) is 17.3 Å². The van der Waals surface area contributed by atoms with Crippen LogP contribution < -0.4 is 0 Å². The fourth-order valence-electron chi connectivity index (χ4n) is 1.32. The van der Waals surface area contributed by atoms with Gasteiger partial charge in [-0.3, -0.25) is 4.98 Å². The number of ether oxygens (including phenoxy) is 1. The fraction of sp³-hybridized carbons (Fsp3) is 0.182. The largest absolute Gasteiger partial charge is 0.462 e. The smallest absolute Gasteiger partial charge is 0.342 e. The molecule has 5 nitrogen and oxygen atoms in total. The van der Waals surface area contributed by atoms with Gasteiger partial charge in [-0.1, -0.05) is 11.6 Å². The van der Waals surface area contributed by atoms with Gasteiger partial charge in [0.25, 0.3) is 0 Å². The molecule has 0 bridgehead atoms. The summed E-state index contributed by atoms with van der Waals surface area (Å²) in [7, 11) is 0. The van der Waals surface area contributed by atoms with Gasteiger partial charge in [-0.25, -0.2) is 9.48 Å². The third-order valence-electron chi connectivity index (χ3n) is 2.07. The average Bonchev–Trinajstić information content (AvgIpc) is 2.73. The van der Waals surface area contributed by atoms with E-state index >= 15 is 0 Å². The molecule has 6 heteroatoms. The molecule has 0 amide bonds. The van der Waals surface area contributed by atoms with E-state index in [9.17, 15) is 4.79 Å². The Kier molecular flexibility index (Phi) is 3.39. The molecule has 2 aromatic rings. The van der Waals surface area contributed by atoms with Crippen LogP contribution in [0.3, 0.4) is 0 Å². The topological polar surface area (TPSA) is 57.0 Å².